The van der Waals surface area contributed by atoms with E-state index in [0.29, 0.717) is 17.7 Å². The van der Waals surface area contributed by atoms with Gasteiger partial charge in [0.15, 0.2) is 0 Å². The average Bonchev–Trinajstić information content (AvgIpc) is 2.50. The molecule has 0 bridgehead atoms. The van der Waals surface area contributed by atoms with Gasteiger partial charge in [-0.2, -0.15) is 5.10 Å². The molecule has 13 heavy (non-hydrogen) atoms. The summed E-state index contributed by atoms with van der Waals surface area (Å²) in [5.74, 6) is 0.0481. The van der Waals surface area contributed by atoms with Crippen LogP contribution in [0.3, 0.4) is 0 Å². The summed E-state index contributed by atoms with van der Waals surface area (Å²) in [6, 6.07) is 0. The molecule has 2 rings (SSSR count). The highest BCUT2D eigenvalue weighted by Crippen LogP contribution is 2.27. The number of aliphatic hydroxyl groups excluding tert-OH is 1. The largest absolute Gasteiger partial charge is 0.511 e. The molecule has 0 aliphatic heterocycles. The standard InChI is InChI=1S/C8H10N4O/c9-8(10)6-5(13)2-1-4-3-11-12-7(4)6/h3,13H,1-2H2,(H3,9,10)(H,11,12). The molecule has 5 N–H and O–H groups in total. The second kappa shape index (κ2) is 2.62. The summed E-state index contributed by atoms with van der Waals surface area (Å²) in [6.07, 6.45) is 2.97. The van der Waals surface area contributed by atoms with E-state index < -0.39 is 0 Å². The lowest BCUT2D eigenvalue weighted by molar-refractivity contribution is 0.389. The minimum atomic E-state index is -0.122. The van der Waals surface area contributed by atoms with E-state index >= 15 is 0 Å². The summed E-state index contributed by atoms with van der Waals surface area (Å²) in [6.45, 7) is 0. The highest BCUT2D eigenvalue weighted by atomic mass is 16.3. The van der Waals surface area contributed by atoms with Gasteiger partial charge in [-0.1, -0.05) is 0 Å². The van der Waals surface area contributed by atoms with Crippen LogP contribution in [0, 0.1) is 5.41 Å². The van der Waals surface area contributed by atoms with Gasteiger partial charge in [-0.05, 0) is 12.0 Å². The highest BCUT2D eigenvalue weighted by Gasteiger charge is 2.22. The molecule has 0 aromatic carbocycles. The molecule has 0 atom stereocenters. The van der Waals surface area contributed by atoms with Gasteiger partial charge in [0.2, 0.25) is 0 Å². The molecule has 0 spiro atoms. The molecule has 68 valence electrons. The van der Waals surface area contributed by atoms with Gasteiger partial charge in [0, 0.05) is 6.42 Å². The van der Waals surface area contributed by atoms with Crippen molar-refractivity contribution >= 4 is 11.4 Å². The second-order valence-electron chi connectivity index (χ2n) is 3.01. The van der Waals surface area contributed by atoms with E-state index in [0.717, 1.165) is 12.0 Å². The van der Waals surface area contributed by atoms with Gasteiger partial charge >= 0.3 is 0 Å². The van der Waals surface area contributed by atoms with Crippen molar-refractivity contribution in [3.8, 4) is 0 Å². The molecular formula is C8H10N4O. The van der Waals surface area contributed by atoms with Gasteiger partial charge in [-0.15, -0.1) is 0 Å². The number of aromatic nitrogens is 2. The molecule has 1 aromatic rings. The first kappa shape index (κ1) is 7.85. The Morgan fingerprint density at radius 3 is 3.08 bits per heavy atom. The predicted molar refractivity (Wildman–Crippen MR) is 48.4 cm³/mol. The van der Waals surface area contributed by atoms with Crippen molar-refractivity contribution in [3.05, 3.63) is 23.2 Å². The van der Waals surface area contributed by atoms with Crippen LogP contribution in [0.25, 0.3) is 5.57 Å². The number of aromatic amines is 1. The lowest BCUT2D eigenvalue weighted by Crippen LogP contribution is -2.18. The van der Waals surface area contributed by atoms with Gasteiger partial charge in [-0.25, -0.2) is 0 Å². The second-order valence-corrected chi connectivity index (χ2v) is 3.01. The van der Waals surface area contributed by atoms with Crippen LogP contribution in [-0.4, -0.2) is 21.1 Å². The van der Waals surface area contributed by atoms with Gasteiger partial charge in [0.25, 0.3) is 0 Å². The summed E-state index contributed by atoms with van der Waals surface area (Å²) < 4.78 is 0. The normalized spacial score (nSPS) is 15.7. The number of allylic oxidation sites excluding steroid dienone is 1. The summed E-state index contributed by atoms with van der Waals surface area (Å²) in [4.78, 5) is 0. The van der Waals surface area contributed by atoms with E-state index in [1.807, 2.05) is 0 Å². The Labute approximate surface area is 74.8 Å². The number of aliphatic hydroxyl groups is 1. The maximum atomic E-state index is 9.52. The molecule has 0 unspecified atom stereocenters. The average molecular weight is 178 g/mol. The van der Waals surface area contributed by atoms with Crippen molar-refractivity contribution in [1.82, 2.24) is 10.2 Å². The van der Waals surface area contributed by atoms with Gasteiger partial charge in [0.05, 0.1) is 17.5 Å². The number of nitrogens with two attached hydrogens (primary N) is 1. The third kappa shape index (κ3) is 1.09. The van der Waals surface area contributed by atoms with Crippen molar-refractivity contribution in [2.24, 2.45) is 5.73 Å². The van der Waals surface area contributed by atoms with E-state index in [-0.39, 0.29) is 11.6 Å². The smallest absolute Gasteiger partial charge is 0.128 e. The first-order valence-electron chi connectivity index (χ1n) is 3.99. The molecule has 0 radical (unpaired) electrons. The minimum absolute atomic E-state index is 0.122. The van der Waals surface area contributed by atoms with Crippen molar-refractivity contribution in [3.63, 3.8) is 0 Å². The summed E-state index contributed by atoms with van der Waals surface area (Å²) in [5.41, 5.74) is 7.42. The molecule has 0 saturated carbocycles. The molecule has 0 fully saturated rings. The molecule has 1 aliphatic carbocycles. The highest BCUT2D eigenvalue weighted by molar-refractivity contribution is 6.20. The Balaban J connectivity index is 2.59. The van der Waals surface area contributed by atoms with Gasteiger partial charge < -0.3 is 10.8 Å². The number of H-pyrrole nitrogens is 1. The Bertz CT molecular complexity index is 391. The van der Waals surface area contributed by atoms with E-state index in [2.05, 4.69) is 10.2 Å². The Kier molecular flexibility index (Phi) is 1.58. The number of amidine groups is 1. The van der Waals surface area contributed by atoms with E-state index in [9.17, 15) is 5.11 Å². The summed E-state index contributed by atoms with van der Waals surface area (Å²) >= 11 is 0. The van der Waals surface area contributed by atoms with Crippen LogP contribution in [0.5, 0.6) is 0 Å². The first-order chi connectivity index (χ1) is 6.20. The summed E-state index contributed by atoms with van der Waals surface area (Å²) in [5, 5.41) is 23.4. The van der Waals surface area contributed by atoms with Gasteiger partial charge in [0.1, 0.15) is 11.6 Å². The van der Waals surface area contributed by atoms with Gasteiger partial charge in [-0.3, -0.25) is 10.5 Å². The van der Waals surface area contributed by atoms with E-state index in [1.54, 1.807) is 6.20 Å². The number of fused-ring (bicyclic) bond motifs is 1. The molecule has 1 heterocycles. The van der Waals surface area contributed by atoms with Crippen molar-refractivity contribution in [1.29, 1.82) is 5.41 Å². The lowest BCUT2D eigenvalue weighted by Gasteiger charge is -2.14. The van der Waals surface area contributed by atoms with E-state index in [1.165, 1.54) is 0 Å². The molecule has 5 nitrogen and oxygen atoms in total. The zero-order valence-corrected chi connectivity index (χ0v) is 6.96. The van der Waals surface area contributed by atoms with Crippen molar-refractivity contribution in [2.45, 2.75) is 12.8 Å². The molecule has 0 saturated heterocycles. The number of rotatable bonds is 1. The SMILES string of the molecule is N=C(N)C1=C(O)CCc2cn[nH]c21. The van der Waals surface area contributed by atoms with Crippen LogP contribution in [-0.2, 0) is 6.42 Å². The predicted octanol–water partition coefficient (Wildman–Crippen LogP) is 0.561. The maximum Gasteiger partial charge on any atom is 0.128 e. The zero-order valence-electron chi connectivity index (χ0n) is 6.96. The third-order valence-electron chi connectivity index (χ3n) is 2.16. The van der Waals surface area contributed by atoms with Crippen LogP contribution in [0.1, 0.15) is 17.7 Å². The zero-order chi connectivity index (χ0) is 9.42. The molecule has 1 aromatic heterocycles. The Morgan fingerprint density at radius 2 is 2.38 bits per heavy atom. The van der Waals surface area contributed by atoms with Crippen LogP contribution in [0.15, 0.2) is 12.0 Å². The first-order valence-corrected chi connectivity index (χ1v) is 3.99. The van der Waals surface area contributed by atoms with Crippen molar-refractivity contribution in [2.75, 3.05) is 0 Å². The quantitative estimate of drug-likeness (QED) is 0.373. The minimum Gasteiger partial charge on any atom is -0.511 e. The fraction of sp³-hybridized carbons (Fsp3) is 0.250. The Hall–Kier alpha value is -1.78. The van der Waals surface area contributed by atoms with Crippen molar-refractivity contribution < 1.29 is 5.11 Å². The van der Waals surface area contributed by atoms with Crippen LogP contribution >= 0.6 is 0 Å². The van der Waals surface area contributed by atoms with Crippen LogP contribution in [0.4, 0.5) is 0 Å². The van der Waals surface area contributed by atoms with Crippen LogP contribution in [0.2, 0.25) is 0 Å². The topological polar surface area (TPSA) is 98.8 Å². The molecule has 5 heteroatoms. The fourth-order valence-electron chi connectivity index (χ4n) is 1.53. The number of hydrogen-bond acceptors (Lipinski definition) is 3. The number of aryl methyl sites for hydroxylation is 1. The monoisotopic (exact) mass is 178 g/mol. The lowest BCUT2D eigenvalue weighted by atomic mass is 9.95. The molecular weight excluding hydrogens is 168 g/mol. The maximum absolute atomic E-state index is 9.52. The number of nitrogens with one attached hydrogen (secondary N) is 2. The van der Waals surface area contributed by atoms with E-state index in [4.69, 9.17) is 11.1 Å². The fourth-order valence-corrected chi connectivity index (χ4v) is 1.53. The molecule has 1 aliphatic rings. The number of hydrogen-bond donors (Lipinski definition) is 4. The number of nitrogens with zero attached hydrogens (tertiary/aromatic N) is 1. The summed E-state index contributed by atoms with van der Waals surface area (Å²) in [7, 11) is 0. The molecule has 0 amide bonds. The Morgan fingerprint density at radius 1 is 1.62 bits per heavy atom. The third-order valence-corrected chi connectivity index (χ3v) is 2.16. The van der Waals surface area contributed by atoms with Crippen LogP contribution < -0.4 is 5.73 Å².